The molecular formula is C27H27FN4O3. The second-order valence-corrected chi connectivity index (χ2v) is 9.27. The lowest BCUT2D eigenvalue weighted by molar-refractivity contribution is -0.384. The zero-order valence-corrected chi connectivity index (χ0v) is 19.5. The summed E-state index contributed by atoms with van der Waals surface area (Å²) in [5.41, 5.74) is 4.79. The van der Waals surface area contributed by atoms with Crippen LogP contribution in [0.1, 0.15) is 16.7 Å². The van der Waals surface area contributed by atoms with E-state index in [2.05, 4.69) is 46.3 Å². The van der Waals surface area contributed by atoms with E-state index in [4.69, 9.17) is 0 Å². The molecule has 1 fully saturated rings. The normalized spacial score (nSPS) is 19.0. The Labute approximate surface area is 203 Å². The number of aryl methyl sites for hydroxylation is 1. The molecule has 2 atom stereocenters. The topological polar surface area (TPSA) is 78.7 Å². The number of carbonyl (C=O) groups is 1. The number of piperazine rings is 1. The first-order chi connectivity index (χ1) is 16.9. The molecule has 0 spiro atoms. The molecule has 7 nitrogen and oxygen atoms in total. The average Bonchev–Trinajstić information content (AvgIpc) is 2.86. The smallest absolute Gasteiger partial charge is 0.269 e. The summed E-state index contributed by atoms with van der Waals surface area (Å²) in [6, 6.07) is 19.4. The molecule has 0 aromatic heterocycles. The van der Waals surface area contributed by atoms with Gasteiger partial charge in [-0.15, -0.1) is 0 Å². The molecule has 3 aromatic carbocycles. The maximum Gasteiger partial charge on any atom is 0.269 e. The highest BCUT2D eigenvalue weighted by Crippen LogP contribution is 2.38. The van der Waals surface area contributed by atoms with Crippen molar-refractivity contribution < 1.29 is 14.1 Å². The lowest BCUT2D eigenvalue weighted by Gasteiger charge is -2.49. The molecule has 35 heavy (non-hydrogen) atoms. The molecule has 2 aliphatic heterocycles. The van der Waals surface area contributed by atoms with Crippen molar-refractivity contribution in [3.05, 3.63) is 99.4 Å². The number of carbonyl (C=O) groups excluding carboxylic acids is 1. The predicted molar refractivity (Wildman–Crippen MR) is 133 cm³/mol. The largest absolute Gasteiger partial charge is 0.368 e. The average molecular weight is 475 g/mol. The Bertz CT molecular complexity index is 1260. The lowest BCUT2D eigenvalue weighted by atomic mass is 9.83. The summed E-state index contributed by atoms with van der Waals surface area (Å²) in [7, 11) is 0. The van der Waals surface area contributed by atoms with E-state index in [9.17, 15) is 19.3 Å². The van der Waals surface area contributed by atoms with Gasteiger partial charge in [-0.05, 0) is 54.8 Å². The monoisotopic (exact) mass is 474 g/mol. The van der Waals surface area contributed by atoms with Crippen molar-refractivity contribution in [1.82, 2.24) is 5.32 Å². The van der Waals surface area contributed by atoms with Crippen LogP contribution in [0.15, 0.2) is 66.7 Å². The SMILES string of the molecule is Cc1ccc(N2CCN3c4ccc([N+](=O)[O-])cc4C[C@H](C(=O)NCc4cccc(F)c4)[C@H]3C2)cc1. The van der Waals surface area contributed by atoms with Crippen molar-refractivity contribution in [2.45, 2.75) is 25.9 Å². The molecule has 0 aliphatic carbocycles. The molecule has 8 heteroatoms. The number of rotatable bonds is 5. The van der Waals surface area contributed by atoms with Crippen LogP contribution < -0.4 is 15.1 Å². The maximum atomic E-state index is 13.6. The quantitative estimate of drug-likeness (QED) is 0.442. The van der Waals surface area contributed by atoms with Gasteiger partial charge < -0.3 is 15.1 Å². The predicted octanol–water partition coefficient (Wildman–Crippen LogP) is 4.23. The summed E-state index contributed by atoms with van der Waals surface area (Å²) >= 11 is 0. The first-order valence-electron chi connectivity index (χ1n) is 11.8. The number of fused-ring (bicyclic) bond motifs is 3. The van der Waals surface area contributed by atoms with Crippen molar-refractivity contribution in [1.29, 1.82) is 0 Å². The third kappa shape index (κ3) is 4.69. The van der Waals surface area contributed by atoms with Gasteiger partial charge in [0.25, 0.3) is 5.69 Å². The molecule has 0 saturated carbocycles. The van der Waals surface area contributed by atoms with E-state index in [0.717, 1.165) is 23.5 Å². The molecule has 0 bridgehead atoms. The van der Waals surface area contributed by atoms with Gasteiger partial charge in [-0.1, -0.05) is 29.8 Å². The van der Waals surface area contributed by atoms with E-state index in [-0.39, 0.29) is 30.0 Å². The first kappa shape index (κ1) is 22.8. The van der Waals surface area contributed by atoms with Gasteiger partial charge in [0.15, 0.2) is 0 Å². The molecule has 1 saturated heterocycles. The summed E-state index contributed by atoms with van der Waals surface area (Å²) in [5.74, 6) is -0.874. The van der Waals surface area contributed by atoms with Gasteiger partial charge in [-0.25, -0.2) is 4.39 Å². The molecule has 2 heterocycles. The van der Waals surface area contributed by atoms with E-state index in [0.29, 0.717) is 25.1 Å². The number of nitrogens with one attached hydrogen (secondary N) is 1. The third-order valence-electron chi connectivity index (χ3n) is 7.00. The molecular weight excluding hydrogens is 447 g/mol. The van der Waals surface area contributed by atoms with Crippen LogP contribution in [0, 0.1) is 28.8 Å². The van der Waals surface area contributed by atoms with E-state index in [1.165, 1.54) is 23.8 Å². The van der Waals surface area contributed by atoms with Gasteiger partial charge in [0.05, 0.1) is 16.9 Å². The number of non-ortho nitro benzene ring substituents is 1. The van der Waals surface area contributed by atoms with E-state index in [1.54, 1.807) is 18.2 Å². The Hall–Kier alpha value is -3.94. The Balaban J connectivity index is 1.43. The number of nitro benzene ring substituents is 1. The van der Waals surface area contributed by atoms with Crippen LogP contribution in [0.2, 0.25) is 0 Å². The van der Waals surface area contributed by atoms with Crippen molar-refractivity contribution in [3.63, 3.8) is 0 Å². The van der Waals surface area contributed by atoms with Crippen LogP contribution in [0.4, 0.5) is 21.5 Å². The van der Waals surface area contributed by atoms with Crippen molar-refractivity contribution in [3.8, 4) is 0 Å². The van der Waals surface area contributed by atoms with Crippen LogP contribution in [0.5, 0.6) is 0 Å². The zero-order valence-electron chi connectivity index (χ0n) is 19.5. The van der Waals surface area contributed by atoms with Gasteiger partial charge in [-0.2, -0.15) is 0 Å². The van der Waals surface area contributed by atoms with Gasteiger partial charge in [0.1, 0.15) is 5.82 Å². The van der Waals surface area contributed by atoms with Crippen LogP contribution in [-0.2, 0) is 17.8 Å². The van der Waals surface area contributed by atoms with Crippen LogP contribution in [0.25, 0.3) is 0 Å². The highest BCUT2D eigenvalue weighted by molar-refractivity contribution is 5.82. The lowest BCUT2D eigenvalue weighted by Crippen LogP contribution is -2.61. The standard InChI is InChI=1S/C27H27FN4O3/c1-18-5-7-22(8-6-18)30-11-12-31-25-10-9-23(32(34)35)14-20(25)15-24(26(31)17-30)27(33)29-16-19-3-2-4-21(28)13-19/h2-10,13-14,24,26H,11-12,15-17H2,1H3,(H,29,33)/t24-,26+/m0/s1. The van der Waals surface area contributed by atoms with Crippen molar-refractivity contribution in [2.75, 3.05) is 29.4 Å². The number of hydrogen-bond donors (Lipinski definition) is 1. The van der Waals surface area contributed by atoms with Gasteiger partial charge in [0, 0.05) is 49.7 Å². The maximum absolute atomic E-state index is 13.6. The van der Waals surface area contributed by atoms with E-state index >= 15 is 0 Å². The number of amides is 1. The Morgan fingerprint density at radius 1 is 1.11 bits per heavy atom. The fraction of sp³-hybridized carbons (Fsp3) is 0.296. The summed E-state index contributed by atoms with van der Waals surface area (Å²) < 4.78 is 13.6. The van der Waals surface area contributed by atoms with Crippen LogP contribution in [0.3, 0.4) is 0 Å². The van der Waals surface area contributed by atoms with Gasteiger partial charge in [-0.3, -0.25) is 14.9 Å². The second-order valence-electron chi connectivity index (χ2n) is 9.27. The minimum atomic E-state index is -0.402. The van der Waals surface area contributed by atoms with E-state index in [1.807, 2.05) is 6.07 Å². The minimum Gasteiger partial charge on any atom is -0.368 e. The van der Waals surface area contributed by atoms with Crippen molar-refractivity contribution in [2.24, 2.45) is 5.92 Å². The third-order valence-corrected chi connectivity index (χ3v) is 7.00. The molecule has 2 aliphatic rings. The highest BCUT2D eigenvalue weighted by atomic mass is 19.1. The second kappa shape index (κ2) is 9.37. The molecule has 1 N–H and O–H groups in total. The minimum absolute atomic E-state index is 0.0272. The van der Waals surface area contributed by atoms with Crippen molar-refractivity contribution >= 4 is 23.0 Å². The number of halogens is 1. The number of nitro groups is 1. The zero-order chi connectivity index (χ0) is 24.5. The number of nitrogens with zero attached hydrogens (tertiary/aromatic N) is 3. The highest BCUT2D eigenvalue weighted by Gasteiger charge is 2.42. The fourth-order valence-electron chi connectivity index (χ4n) is 5.18. The summed E-state index contributed by atoms with van der Waals surface area (Å²) in [6.45, 7) is 4.43. The summed E-state index contributed by atoms with van der Waals surface area (Å²) in [4.78, 5) is 28.9. The Kier molecular flexibility index (Phi) is 6.11. The number of anilines is 2. The summed E-state index contributed by atoms with van der Waals surface area (Å²) in [6.07, 6.45) is 0.412. The van der Waals surface area contributed by atoms with E-state index < -0.39 is 10.8 Å². The number of hydrogen-bond acceptors (Lipinski definition) is 5. The number of benzene rings is 3. The molecule has 1 amide bonds. The molecule has 5 rings (SSSR count). The van der Waals surface area contributed by atoms with Crippen LogP contribution >= 0.6 is 0 Å². The van der Waals surface area contributed by atoms with Crippen LogP contribution in [-0.4, -0.2) is 36.5 Å². The molecule has 0 unspecified atom stereocenters. The van der Waals surface area contributed by atoms with Gasteiger partial charge >= 0.3 is 0 Å². The molecule has 0 radical (unpaired) electrons. The Morgan fingerprint density at radius 3 is 2.66 bits per heavy atom. The molecule has 3 aromatic rings. The Morgan fingerprint density at radius 2 is 1.91 bits per heavy atom. The molecule has 180 valence electrons. The fourth-order valence-corrected chi connectivity index (χ4v) is 5.18. The van der Waals surface area contributed by atoms with Gasteiger partial charge in [0.2, 0.25) is 5.91 Å². The summed E-state index contributed by atoms with van der Waals surface area (Å²) in [5, 5.41) is 14.3. The first-order valence-corrected chi connectivity index (χ1v) is 11.8.